The van der Waals surface area contributed by atoms with E-state index in [4.69, 9.17) is 0 Å². The number of unbranched alkanes of at least 4 members (excludes halogenated alkanes) is 2. The molecule has 0 saturated carbocycles. The van der Waals surface area contributed by atoms with Gasteiger partial charge in [0, 0.05) is 0 Å². The predicted molar refractivity (Wildman–Crippen MR) is 83.9 cm³/mol. The Morgan fingerprint density at radius 2 is 1.76 bits per heavy atom. The van der Waals surface area contributed by atoms with Crippen molar-refractivity contribution in [1.82, 2.24) is 0 Å². The van der Waals surface area contributed by atoms with E-state index in [-0.39, 0.29) is 0 Å². The maximum absolute atomic E-state index is 2.48. The summed E-state index contributed by atoms with van der Waals surface area (Å²) in [5, 5.41) is 3.20. The van der Waals surface area contributed by atoms with Crippen molar-refractivity contribution in [2.45, 2.75) is 58.8 Å². The molecule has 1 aromatic carbocycles. The van der Waals surface area contributed by atoms with Crippen LogP contribution in [-0.2, 0) is 0 Å². The molecule has 2 radical (unpaired) electrons. The third-order valence-corrected chi connectivity index (χ3v) is 6.37. The zero-order chi connectivity index (χ0) is 12.9. The summed E-state index contributed by atoms with van der Waals surface area (Å²) in [5.41, 5.74) is 1.45. The quantitative estimate of drug-likeness (QED) is 0.544. The van der Waals surface area contributed by atoms with Gasteiger partial charge in [-0.2, -0.15) is 0 Å². The Morgan fingerprint density at radius 1 is 1.06 bits per heavy atom. The molecule has 0 nitrogen and oxygen atoms in total. The first-order valence-corrected chi connectivity index (χ1v) is 11.5. The molecule has 94 valence electrons. The van der Waals surface area contributed by atoms with Crippen molar-refractivity contribution in [2.24, 2.45) is 0 Å². The monoisotopic (exact) mass is 262 g/mol. The largest absolute Gasteiger partial charge is 0.0807 e. The highest BCUT2D eigenvalue weighted by Gasteiger charge is 2.16. The summed E-state index contributed by atoms with van der Waals surface area (Å²) in [4.78, 5) is 0. The van der Waals surface area contributed by atoms with Crippen LogP contribution in [0.4, 0.5) is 0 Å². The highest BCUT2D eigenvalue weighted by atomic mass is 28.3. The molecule has 0 bridgehead atoms. The Labute approximate surface area is 111 Å². The summed E-state index contributed by atoms with van der Waals surface area (Å²) < 4.78 is 0. The summed E-state index contributed by atoms with van der Waals surface area (Å²) in [6, 6.07) is 8.63. The van der Waals surface area contributed by atoms with E-state index >= 15 is 0 Å². The Balaban J connectivity index is 2.69. The first kappa shape index (κ1) is 14.7. The maximum Gasteiger partial charge on any atom is 0.0807 e. The fourth-order valence-electron chi connectivity index (χ4n) is 1.93. The van der Waals surface area contributed by atoms with E-state index in [1.807, 2.05) is 0 Å². The van der Waals surface area contributed by atoms with Gasteiger partial charge in [0.1, 0.15) is 0 Å². The molecule has 0 unspecified atom stereocenters. The molecule has 0 fully saturated rings. The van der Waals surface area contributed by atoms with E-state index in [1.54, 1.807) is 10.4 Å². The molecule has 0 atom stereocenters. The van der Waals surface area contributed by atoms with Gasteiger partial charge < -0.3 is 0 Å². The normalized spacial score (nSPS) is 11.8. The molecular weight excluding hydrogens is 236 g/mol. The molecule has 0 amide bonds. The minimum atomic E-state index is -1.15. The highest BCUT2D eigenvalue weighted by Crippen LogP contribution is 2.04. The lowest BCUT2D eigenvalue weighted by atomic mass is 10.2. The molecule has 0 aliphatic heterocycles. The maximum atomic E-state index is 2.48. The van der Waals surface area contributed by atoms with Gasteiger partial charge in [-0.15, -0.1) is 0 Å². The number of rotatable bonds is 6. The molecule has 0 N–H and O–H groups in total. The number of aryl methyl sites for hydroxylation is 1. The van der Waals surface area contributed by atoms with Crippen molar-refractivity contribution in [3.63, 3.8) is 0 Å². The Bertz CT molecular complexity index is 350. The van der Waals surface area contributed by atoms with Crippen LogP contribution in [0.1, 0.15) is 31.7 Å². The van der Waals surface area contributed by atoms with Gasteiger partial charge in [-0.3, -0.25) is 0 Å². The summed E-state index contributed by atoms with van der Waals surface area (Å²) in [6.45, 7) is 11.8. The molecule has 1 rings (SSSR count). The minimum absolute atomic E-state index is 1.01. The van der Waals surface area contributed by atoms with Crippen LogP contribution >= 0.6 is 0 Å². The standard InChI is InChI=1S/C15H26Si2/c1-6-7-8-9-16-14-10-13(2)11-15(12-14)17(3,4)5/h10-12H,6-9H2,1-5H3. The summed E-state index contributed by atoms with van der Waals surface area (Å²) in [7, 11) is -0.138. The minimum Gasteiger partial charge on any atom is -0.0656 e. The highest BCUT2D eigenvalue weighted by molar-refractivity contribution is 6.89. The molecule has 0 heterocycles. The lowest BCUT2D eigenvalue weighted by Crippen LogP contribution is -2.40. The van der Waals surface area contributed by atoms with E-state index < -0.39 is 8.07 Å². The van der Waals surface area contributed by atoms with Crippen LogP contribution in [0.2, 0.25) is 25.7 Å². The van der Waals surface area contributed by atoms with E-state index in [0.29, 0.717) is 0 Å². The zero-order valence-corrected chi connectivity index (χ0v) is 14.1. The van der Waals surface area contributed by atoms with Gasteiger partial charge in [0.15, 0.2) is 0 Å². The molecule has 0 aliphatic carbocycles. The van der Waals surface area contributed by atoms with Gasteiger partial charge in [-0.1, -0.05) is 86.0 Å². The van der Waals surface area contributed by atoms with Gasteiger partial charge >= 0.3 is 0 Å². The van der Waals surface area contributed by atoms with Gasteiger partial charge in [0.05, 0.1) is 17.6 Å². The number of hydrogen-bond donors (Lipinski definition) is 0. The SMILES string of the molecule is CCCCC[Si]c1cc(C)cc([Si](C)(C)C)c1. The third kappa shape index (κ3) is 5.22. The first-order valence-electron chi connectivity index (χ1n) is 6.79. The van der Waals surface area contributed by atoms with Gasteiger partial charge in [0.25, 0.3) is 0 Å². The molecule has 0 aliphatic rings. The van der Waals surface area contributed by atoms with Crippen molar-refractivity contribution >= 4 is 28.0 Å². The number of hydrogen-bond acceptors (Lipinski definition) is 0. The lowest BCUT2D eigenvalue weighted by Gasteiger charge is -2.18. The van der Waals surface area contributed by atoms with Crippen molar-refractivity contribution in [3.8, 4) is 0 Å². The molecule has 17 heavy (non-hydrogen) atoms. The fraction of sp³-hybridized carbons (Fsp3) is 0.600. The molecule has 0 saturated heterocycles. The van der Waals surface area contributed by atoms with E-state index in [1.165, 1.54) is 30.9 Å². The average molecular weight is 263 g/mol. The second-order valence-corrected chi connectivity index (χ2v) is 12.5. The van der Waals surface area contributed by atoms with Crippen LogP contribution in [0.15, 0.2) is 18.2 Å². The van der Waals surface area contributed by atoms with Crippen molar-refractivity contribution in [1.29, 1.82) is 0 Å². The smallest absolute Gasteiger partial charge is 0.0656 e. The fourth-order valence-corrected chi connectivity index (χ4v) is 4.62. The van der Waals surface area contributed by atoms with E-state index in [9.17, 15) is 0 Å². The molecule has 0 aromatic heterocycles. The average Bonchev–Trinajstić information content (AvgIpc) is 2.22. The van der Waals surface area contributed by atoms with Crippen LogP contribution in [0.5, 0.6) is 0 Å². The van der Waals surface area contributed by atoms with E-state index in [0.717, 1.165) is 9.52 Å². The van der Waals surface area contributed by atoms with E-state index in [2.05, 4.69) is 51.7 Å². The zero-order valence-electron chi connectivity index (χ0n) is 12.1. The summed E-state index contributed by atoms with van der Waals surface area (Å²) in [6.07, 6.45) is 4.11. The van der Waals surface area contributed by atoms with Crippen molar-refractivity contribution < 1.29 is 0 Å². The van der Waals surface area contributed by atoms with Gasteiger partial charge in [0.2, 0.25) is 0 Å². The lowest BCUT2D eigenvalue weighted by molar-refractivity contribution is 0.769. The topological polar surface area (TPSA) is 0 Å². The van der Waals surface area contributed by atoms with Gasteiger partial charge in [-0.05, 0) is 6.92 Å². The molecular formula is C15H26Si2. The summed E-state index contributed by atoms with van der Waals surface area (Å²) >= 11 is 0. The second-order valence-electron chi connectivity index (χ2n) is 5.97. The molecule has 1 aromatic rings. The van der Waals surface area contributed by atoms with Crippen LogP contribution in [0.3, 0.4) is 0 Å². The van der Waals surface area contributed by atoms with Crippen LogP contribution < -0.4 is 10.4 Å². The Kier molecular flexibility index (Phi) is 5.67. The number of benzene rings is 1. The van der Waals surface area contributed by atoms with Crippen LogP contribution in [-0.4, -0.2) is 17.6 Å². The van der Waals surface area contributed by atoms with Crippen LogP contribution in [0, 0.1) is 6.92 Å². The second kappa shape index (κ2) is 6.55. The molecule has 0 spiro atoms. The summed E-state index contributed by atoms with van der Waals surface area (Å²) in [5.74, 6) is 0. The van der Waals surface area contributed by atoms with Gasteiger partial charge in [-0.25, -0.2) is 0 Å². The first-order chi connectivity index (χ1) is 7.93. The molecule has 2 heteroatoms. The van der Waals surface area contributed by atoms with Crippen molar-refractivity contribution in [2.75, 3.05) is 0 Å². The predicted octanol–water partition coefficient (Wildman–Crippen LogP) is 3.48. The Morgan fingerprint density at radius 3 is 2.35 bits per heavy atom. The van der Waals surface area contributed by atoms with Crippen molar-refractivity contribution in [3.05, 3.63) is 23.8 Å². The third-order valence-electron chi connectivity index (χ3n) is 3.05. The van der Waals surface area contributed by atoms with Crippen LogP contribution in [0.25, 0.3) is 0 Å². The Hall–Kier alpha value is -0.346.